The summed E-state index contributed by atoms with van der Waals surface area (Å²) in [5, 5.41) is 2.57. The molecule has 0 saturated carbocycles. The number of hydrogen-bond donors (Lipinski definition) is 1. The van der Waals surface area contributed by atoms with Crippen LogP contribution in [-0.4, -0.2) is 79.3 Å². The van der Waals surface area contributed by atoms with Gasteiger partial charge in [-0.05, 0) is 0 Å². The lowest BCUT2D eigenvalue weighted by atomic mass is 10.1. The number of rotatable bonds is 4. The van der Waals surface area contributed by atoms with E-state index in [-0.39, 0.29) is 19.6 Å². The van der Waals surface area contributed by atoms with Crippen molar-refractivity contribution in [2.75, 3.05) is 39.3 Å². The van der Waals surface area contributed by atoms with Gasteiger partial charge in [0, 0.05) is 26.2 Å². The number of nitrogens with one attached hydrogen (secondary N) is 1. The van der Waals surface area contributed by atoms with E-state index in [1.807, 2.05) is 0 Å². The van der Waals surface area contributed by atoms with Gasteiger partial charge in [0.05, 0.1) is 19.1 Å². The molecule has 2 heterocycles. The van der Waals surface area contributed by atoms with Crippen molar-refractivity contribution < 1.29 is 31.1 Å². The van der Waals surface area contributed by atoms with Crippen LogP contribution in [0.25, 0.3) is 0 Å². The monoisotopic (exact) mass is 319 g/mol. The Morgan fingerprint density at radius 2 is 1.90 bits per heavy atom. The maximum Gasteiger partial charge on any atom is 0.471 e. The Morgan fingerprint density at radius 3 is 2.33 bits per heavy atom. The van der Waals surface area contributed by atoms with Crippen molar-refractivity contribution in [1.82, 2.24) is 15.1 Å². The van der Waals surface area contributed by atoms with E-state index in [2.05, 4.69) is 5.32 Å². The van der Waals surface area contributed by atoms with Gasteiger partial charge in [0.1, 0.15) is 6.17 Å². The van der Waals surface area contributed by atoms with E-state index in [0.29, 0.717) is 4.90 Å². The SMILES string of the molecule is O=C(N(CCN1CC(F)(F)C1)[C@H]1CNC[C@H]1F)C(F)(F)F. The second-order valence-corrected chi connectivity index (χ2v) is 5.30. The fourth-order valence-corrected chi connectivity index (χ4v) is 2.53. The number of likely N-dealkylation sites (tertiary alicyclic amines) is 1. The average molecular weight is 319 g/mol. The Hall–Kier alpha value is -1.03. The molecule has 2 atom stereocenters. The van der Waals surface area contributed by atoms with Gasteiger partial charge >= 0.3 is 12.1 Å². The molecule has 2 rings (SSSR count). The van der Waals surface area contributed by atoms with Gasteiger partial charge in [-0.1, -0.05) is 0 Å². The minimum absolute atomic E-state index is 0.0842. The number of hydrogen-bond acceptors (Lipinski definition) is 3. The minimum atomic E-state index is -5.11. The van der Waals surface area contributed by atoms with Gasteiger partial charge in [0.2, 0.25) is 0 Å². The van der Waals surface area contributed by atoms with Gasteiger partial charge < -0.3 is 10.2 Å². The molecule has 0 spiro atoms. The van der Waals surface area contributed by atoms with E-state index in [1.165, 1.54) is 4.90 Å². The van der Waals surface area contributed by atoms with Crippen molar-refractivity contribution in [2.24, 2.45) is 0 Å². The van der Waals surface area contributed by atoms with Crippen LogP contribution in [0.4, 0.5) is 26.3 Å². The molecular formula is C11H15F6N3O. The van der Waals surface area contributed by atoms with E-state index < -0.39 is 49.9 Å². The standard InChI is InChI=1S/C11H15F6N3O/c12-7-3-18-4-8(7)20(9(21)11(15,16)17)2-1-19-5-10(13,14)6-19/h7-8,18H,1-6H2/t7-,8+/m1/s1. The number of carbonyl (C=O) groups is 1. The van der Waals surface area contributed by atoms with Crippen molar-refractivity contribution in [2.45, 2.75) is 24.3 Å². The molecule has 0 aliphatic carbocycles. The van der Waals surface area contributed by atoms with Gasteiger partial charge in [-0.15, -0.1) is 0 Å². The highest BCUT2D eigenvalue weighted by Crippen LogP contribution is 2.27. The molecule has 0 radical (unpaired) electrons. The van der Waals surface area contributed by atoms with Crippen LogP contribution >= 0.6 is 0 Å². The topological polar surface area (TPSA) is 35.6 Å². The van der Waals surface area contributed by atoms with Crippen LogP contribution in [0.3, 0.4) is 0 Å². The van der Waals surface area contributed by atoms with Gasteiger partial charge in [-0.3, -0.25) is 9.69 Å². The quantitative estimate of drug-likeness (QED) is 0.773. The van der Waals surface area contributed by atoms with Crippen LogP contribution in [0.5, 0.6) is 0 Å². The molecule has 0 aromatic heterocycles. The zero-order chi connectivity index (χ0) is 15.8. The molecule has 0 aromatic carbocycles. The van der Waals surface area contributed by atoms with E-state index >= 15 is 0 Å². The summed E-state index contributed by atoms with van der Waals surface area (Å²) in [5.41, 5.74) is 0. The first-order valence-electron chi connectivity index (χ1n) is 6.43. The predicted octanol–water partition coefficient (Wildman–Crippen LogP) is 0.638. The third-order valence-corrected chi connectivity index (χ3v) is 3.58. The molecule has 0 bridgehead atoms. The van der Waals surface area contributed by atoms with Crippen LogP contribution in [0.1, 0.15) is 0 Å². The van der Waals surface area contributed by atoms with E-state index in [0.717, 1.165) is 0 Å². The molecule has 21 heavy (non-hydrogen) atoms. The molecule has 122 valence electrons. The number of alkyl halides is 6. The van der Waals surface area contributed by atoms with Crippen molar-refractivity contribution >= 4 is 5.91 Å². The number of halogens is 6. The third-order valence-electron chi connectivity index (χ3n) is 3.58. The van der Waals surface area contributed by atoms with E-state index in [4.69, 9.17) is 0 Å². The Kier molecular flexibility index (Phi) is 4.39. The van der Waals surface area contributed by atoms with Crippen LogP contribution in [0.15, 0.2) is 0 Å². The fourth-order valence-electron chi connectivity index (χ4n) is 2.53. The minimum Gasteiger partial charge on any atom is -0.326 e. The lowest BCUT2D eigenvalue weighted by Gasteiger charge is -2.40. The molecule has 1 N–H and O–H groups in total. The maximum absolute atomic E-state index is 13.6. The van der Waals surface area contributed by atoms with Gasteiger partial charge in [0.15, 0.2) is 0 Å². The summed E-state index contributed by atoms with van der Waals surface area (Å²) < 4.78 is 76.5. The third kappa shape index (κ3) is 3.79. The molecule has 10 heteroatoms. The fraction of sp³-hybridized carbons (Fsp3) is 0.909. The van der Waals surface area contributed by atoms with Gasteiger partial charge in [-0.25, -0.2) is 13.2 Å². The highest BCUT2D eigenvalue weighted by Gasteiger charge is 2.48. The lowest BCUT2D eigenvalue weighted by Crippen LogP contribution is -2.59. The van der Waals surface area contributed by atoms with Crippen molar-refractivity contribution in [3.05, 3.63) is 0 Å². The highest BCUT2D eigenvalue weighted by atomic mass is 19.4. The second kappa shape index (κ2) is 5.64. The summed E-state index contributed by atoms with van der Waals surface area (Å²) >= 11 is 0. The summed E-state index contributed by atoms with van der Waals surface area (Å²) in [5.74, 6) is -4.97. The van der Waals surface area contributed by atoms with Gasteiger partial charge in [-0.2, -0.15) is 13.2 Å². The molecule has 1 amide bonds. The zero-order valence-corrected chi connectivity index (χ0v) is 11.0. The van der Waals surface area contributed by atoms with E-state index in [1.54, 1.807) is 0 Å². The number of amides is 1. The van der Waals surface area contributed by atoms with Crippen molar-refractivity contribution in [3.63, 3.8) is 0 Å². The first-order chi connectivity index (χ1) is 9.60. The molecule has 2 aliphatic heterocycles. The Labute approximate surface area is 117 Å². The summed E-state index contributed by atoms with van der Waals surface area (Å²) in [4.78, 5) is 13.0. The van der Waals surface area contributed by atoms with Crippen molar-refractivity contribution in [1.29, 1.82) is 0 Å². The number of carbonyl (C=O) groups excluding carboxylic acids is 1. The van der Waals surface area contributed by atoms with Gasteiger partial charge in [0.25, 0.3) is 5.92 Å². The molecule has 2 fully saturated rings. The Balaban J connectivity index is 1.97. The lowest BCUT2D eigenvalue weighted by molar-refractivity contribution is -0.189. The Bertz CT molecular complexity index is 394. The van der Waals surface area contributed by atoms with Crippen LogP contribution in [0.2, 0.25) is 0 Å². The molecular weight excluding hydrogens is 304 g/mol. The summed E-state index contributed by atoms with van der Waals surface area (Å²) in [6.45, 7) is -1.89. The zero-order valence-electron chi connectivity index (χ0n) is 11.0. The van der Waals surface area contributed by atoms with Crippen LogP contribution < -0.4 is 5.32 Å². The Morgan fingerprint density at radius 1 is 1.29 bits per heavy atom. The summed E-state index contributed by atoms with van der Waals surface area (Å²) in [6.07, 6.45) is -6.71. The molecule has 2 saturated heterocycles. The molecule has 4 nitrogen and oxygen atoms in total. The first kappa shape index (κ1) is 16.3. The van der Waals surface area contributed by atoms with Crippen molar-refractivity contribution in [3.8, 4) is 0 Å². The van der Waals surface area contributed by atoms with E-state index in [9.17, 15) is 31.1 Å². The van der Waals surface area contributed by atoms with Crippen LogP contribution in [-0.2, 0) is 4.79 Å². The summed E-state index contributed by atoms with van der Waals surface area (Å²) in [6, 6.07) is -1.22. The number of nitrogens with zero attached hydrogens (tertiary/aromatic N) is 2. The maximum atomic E-state index is 13.6. The first-order valence-corrected chi connectivity index (χ1v) is 6.43. The highest BCUT2D eigenvalue weighted by molar-refractivity contribution is 5.82. The molecule has 0 unspecified atom stereocenters. The molecule has 0 aromatic rings. The summed E-state index contributed by atoms with van der Waals surface area (Å²) in [7, 11) is 0. The average Bonchev–Trinajstić information content (AvgIpc) is 2.72. The van der Waals surface area contributed by atoms with Crippen LogP contribution in [0, 0.1) is 0 Å². The predicted molar refractivity (Wildman–Crippen MR) is 60.7 cm³/mol. The second-order valence-electron chi connectivity index (χ2n) is 5.30. The smallest absolute Gasteiger partial charge is 0.326 e. The molecule has 2 aliphatic rings. The largest absolute Gasteiger partial charge is 0.471 e. The normalized spacial score (nSPS) is 29.2.